The van der Waals surface area contributed by atoms with Gasteiger partial charge in [-0.15, -0.1) is 0 Å². The van der Waals surface area contributed by atoms with Crippen molar-refractivity contribution >= 4 is 26.0 Å². The van der Waals surface area contributed by atoms with Crippen LogP contribution in [0.3, 0.4) is 0 Å². The first-order valence-electron chi connectivity index (χ1n) is 7.06. The number of benzene rings is 1. The molecule has 0 amide bonds. The highest BCUT2D eigenvalue weighted by molar-refractivity contribution is 9.10. The van der Waals surface area contributed by atoms with Gasteiger partial charge < -0.3 is 10.0 Å². The van der Waals surface area contributed by atoms with Crippen LogP contribution in [0.1, 0.15) is 24.0 Å². The lowest BCUT2D eigenvalue weighted by atomic mass is 10.1. The molecule has 0 aliphatic carbocycles. The van der Waals surface area contributed by atoms with E-state index in [1.165, 1.54) is 18.9 Å². The summed E-state index contributed by atoms with van der Waals surface area (Å²) in [4.78, 5) is 2.44. The van der Waals surface area contributed by atoms with E-state index in [1.54, 1.807) is 6.07 Å². The van der Waals surface area contributed by atoms with Crippen LogP contribution >= 0.6 is 15.9 Å². The smallest absolute Gasteiger partial charge is 0.241 e. The van der Waals surface area contributed by atoms with Gasteiger partial charge in [-0.1, -0.05) is 6.07 Å². The zero-order chi connectivity index (χ0) is 15.5. The Hall–Kier alpha value is -0.470. The second-order valence-corrected chi connectivity index (χ2v) is 7.86. The SMILES string of the molecule is Cc1cc(CO)cc(S(=O)(=O)NCCN2CCCC2)c1Br. The van der Waals surface area contributed by atoms with Crippen molar-refractivity contribution in [2.75, 3.05) is 26.2 Å². The van der Waals surface area contributed by atoms with Crippen molar-refractivity contribution in [1.29, 1.82) is 0 Å². The number of aliphatic hydroxyl groups excluding tert-OH is 1. The van der Waals surface area contributed by atoms with E-state index in [-0.39, 0.29) is 11.5 Å². The predicted molar refractivity (Wildman–Crippen MR) is 85.7 cm³/mol. The highest BCUT2D eigenvalue weighted by Crippen LogP contribution is 2.27. The quantitative estimate of drug-likeness (QED) is 0.791. The third-order valence-corrected chi connectivity index (χ3v) is 6.47. The van der Waals surface area contributed by atoms with E-state index >= 15 is 0 Å². The lowest BCUT2D eigenvalue weighted by Crippen LogP contribution is -2.33. The maximum absolute atomic E-state index is 12.4. The molecule has 1 saturated heterocycles. The summed E-state index contributed by atoms with van der Waals surface area (Å²) >= 11 is 3.33. The van der Waals surface area contributed by atoms with E-state index in [0.29, 0.717) is 16.6 Å². The fraction of sp³-hybridized carbons (Fsp3) is 0.571. The van der Waals surface area contributed by atoms with Crippen molar-refractivity contribution in [3.8, 4) is 0 Å². The zero-order valence-electron chi connectivity index (χ0n) is 12.1. The first kappa shape index (κ1) is 16.9. The van der Waals surface area contributed by atoms with E-state index in [0.717, 1.165) is 25.2 Å². The molecule has 0 saturated carbocycles. The van der Waals surface area contributed by atoms with Crippen molar-refractivity contribution in [2.24, 2.45) is 0 Å². The molecular weight excluding hydrogens is 356 g/mol. The number of hydrogen-bond acceptors (Lipinski definition) is 4. The molecule has 1 aromatic rings. The summed E-state index contributed by atoms with van der Waals surface area (Å²) < 4.78 is 28.0. The van der Waals surface area contributed by atoms with Crippen LogP contribution in [0.2, 0.25) is 0 Å². The molecule has 0 bridgehead atoms. The second kappa shape index (κ2) is 7.19. The third kappa shape index (κ3) is 4.26. The van der Waals surface area contributed by atoms with Gasteiger partial charge in [-0.05, 0) is 66.0 Å². The minimum Gasteiger partial charge on any atom is -0.392 e. The molecule has 21 heavy (non-hydrogen) atoms. The maximum Gasteiger partial charge on any atom is 0.241 e. The van der Waals surface area contributed by atoms with E-state index in [1.807, 2.05) is 6.92 Å². The Balaban J connectivity index is 2.09. The van der Waals surface area contributed by atoms with Crippen LogP contribution in [0.4, 0.5) is 0 Å². The van der Waals surface area contributed by atoms with Crippen LogP contribution in [0.25, 0.3) is 0 Å². The molecule has 0 spiro atoms. The molecule has 118 valence electrons. The molecule has 2 rings (SSSR count). The number of nitrogens with zero attached hydrogens (tertiary/aromatic N) is 1. The van der Waals surface area contributed by atoms with Gasteiger partial charge in [0, 0.05) is 17.6 Å². The van der Waals surface area contributed by atoms with Crippen LogP contribution in [0, 0.1) is 6.92 Å². The van der Waals surface area contributed by atoms with E-state index in [2.05, 4.69) is 25.6 Å². The van der Waals surface area contributed by atoms with Crippen LogP contribution < -0.4 is 4.72 Å². The standard InChI is InChI=1S/C14H21BrN2O3S/c1-11-8-12(10-18)9-13(14(11)15)21(19,20)16-4-7-17-5-2-3-6-17/h8-9,16,18H,2-7,10H2,1H3. The first-order chi connectivity index (χ1) is 9.94. The molecule has 1 fully saturated rings. The fourth-order valence-corrected chi connectivity index (χ4v) is 4.61. The van der Waals surface area contributed by atoms with Crippen molar-refractivity contribution in [3.63, 3.8) is 0 Å². The van der Waals surface area contributed by atoms with Gasteiger partial charge in [0.15, 0.2) is 0 Å². The normalized spacial score (nSPS) is 16.5. The summed E-state index contributed by atoms with van der Waals surface area (Å²) in [6.45, 7) is 4.86. The Morgan fingerprint density at radius 2 is 2.00 bits per heavy atom. The molecular formula is C14H21BrN2O3S. The topological polar surface area (TPSA) is 69.6 Å². The van der Waals surface area contributed by atoms with Crippen LogP contribution in [-0.4, -0.2) is 44.6 Å². The van der Waals surface area contributed by atoms with Gasteiger partial charge in [-0.3, -0.25) is 0 Å². The average Bonchev–Trinajstić information content (AvgIpc) is 2.94. The number of aryl methyl sites for hydroxylation is 1. The van der Waals surface area contributed by atoms with Gasteiger partial charge >= 0.3 is 0 Å². The van der Waals surface area contributed by atoms with Gasteiger partial charge in [0.05, 0.1) is 11.5 Å². The maximum atomic E-state index is 12.4. The molecule has 2 N–H and O–H groups in total. The Kier molecular flexibility index (Phi) is 5.79. The molecule has 7 heteroatoms. The van der Waals surface area contributed by atoms with Crippen molar-refractivity contribution in [1.82, 2.24) is 9.62 Å². The highest BCUT2D eigenvalue weighted by Gasteiger charge is 2.20. The largest absolute Gasteiger partial charge is 0.392 e. The highest BCUT2D eigenvalue weighted by atomic mass is 79.9. The van der Waals surface area contributed by atoms with Crippen LogP contribution in [0.5, 0.6) is 0 Å². The second-order valence-electron chi connectivity index (χ2n) is 5.33. The minimum absolute atomic E-state index is 0.176. The average molecular weight is 377 g/mol. The minimum atomic E-state index is -3.57. The lowest BCUT2D eigenvalue weighted by molar-refractivity contribution is 0.281. The Morgan fingerprint density at radius 3 is 2.62 bits per heavy atom. The monoisotopic (exact) mass is 376 g/mol. The Labute approximate surface area is 134 Å². The molecule has 0 radical (unpaired) electrons. The van der Waals surface area contributed by atoms with Crippen molar-refractivity contribution in [3.05, 3.63) is 27.7 Å². The molecule has 5 nitrogen and oxygen atoms in total. The number of hydrogen-bond donors (Lipinski definition) is 2. The van der Waals surface area contributed by atoms with Gasteiger partial charge in [0.1, 0.15) is 0 Å². The number of likely N-dealkylation sites (tertiary alicyclic amines) is 1. The van der Waals surface area contributed by atoms with Gasteiger partial charge in [-0.2, -0.15) is 0 Å². The summed E-state index contributed by atoms with van der Waals surface area (Å²) in [6, 6.07) is 3.28. The molecule has 0 unspecified atom stereocenters. The van der Waals surface area contributed by atoms with E-state index in [9.17, 15) is 13.5 Å². The number of aliphatic hydroxyl groups is 1. The Morgan fingerprint density at radius 1 is 1.33 bits per heavy atom. The predicted octanol–water partition coefficient (Wildman–Crippen LogP) is 1.62. The molecule has 0 aromatic heterocycles. The Bertz CT molecular complexity index is 598. The molecule has 1 aliphatic rings. The lowest BCUT2D eigenvalue weighted by Gasteiger charge is -2.16. The van der Waals surface area contributed by atoms with Gasteiger partial charge in [-0.25, -0.2) is 13.1 Å². The van der Waals surface area contributed by atoms with Crippen LogP contribution in [-0.2, 0) is 16.6 Å². The summed E-state index contributed by atoms with van der Waals surface area (Å²) in [5.74, 6) is 0. The molecule has 1 aromatic carbocycles. The summed E-state index contributed by atoms with van der Waals surface area (Å²) in [5.41, 5.74) is 1.39. The number of sulfonamides is 1. The summed E-state index contributed by atoms with van der Waals surface area (Å²) in [6.07, 6.45) is 2.38. The van der Waals surface area contributed by atoms with Gasteiger partial charge in [0.2, 0.25) is 10.0 Å². The van der Waals surface area contributed by atoms with E-state index in [4.69, 9.17) is 0 Å². The van der Waals surface area contributed by atoms with Crippen molar-refractivity contribution < 1.29 is 13.5 Å². The number of nitrogens with one attached hydrogen (secondary N) is 1. The number of rotatable bonds is 6. The number of halogens is 1. The van der Waals surface area contributed by atoms with Crippen LogP contribution in [0.15, 0.2) is 21.5 Å². The van der Waals surface area contributed by atoms with E-state index < -0.39 is 10.0 Å². The summed E-state index contributed by atoms with van der Waals surface area (Å²) in [5, 5.41) is 9.23. The first-order valence-corrected chi connectivity index (χ1v) is 9.33. The molecule has 1 heterocycles. The molecule has 0 atom stereocenters. The molecule has 1 aliphatic heterocycles. The van der Waals surface area contributed by atoms with Crippen molar-refractivity contribution in [2.45, 2.75) is 31.3 Å². The third-order valence-electron chi connectivity index (χ3n) is 3.67. The summed E-state index contributed by atoms with van der Waals surface area (Å²) in [7, 11) is -3.57. The zero-order valence-corrected chi connectivity index (χ0v) is 14.5. The van der Waals surface area contributed by atoms with Gasteiger partial charge in [0.25, 0.3) is 0 Å². The fourth-order valence-electron chi connectivity index (χ4n) is 2.52.